The molecule has 0 spiro atoms. The number of hydrogen-bond acceptors (Lipinski definition) is 4. The van der Waals surface area contributed by atoms with E-state index in [0.717, 1.165) is 19.5 Å². The van der Waals surface area contributed by atoms with E-state index in [2.05, 4.69) is 5.32 Å². The summed E-state index contributed by atoms with van der Waals surface area (Å²) < 4.78 is 0. The van der Waals surface area contributed by atoms with Crippen LogP contribution in [0.25, 0.3) is 0 Å². The smallest absolute Gasteiger partial charge is 0.0762 e. The molecule has 4 heteroatoms. The van der Waals surface area contributed by atoms with Crippen LogP contribution in [0.5, 0.6) is 0 Å². The summed E-state index contributed by atoms with van der Waals surface area (Å²) in [6.45, 7) is 7.39. The van der Waals surface area contributed by atoms with Gasteiger partial charge in [0.2, 0.25) is 0 Å². The fourth-order valence-corrected chi connectivity index (χ4v) is 2.89. The fraction of sp³-hybridized carbons (Fsp3) is 1.00. The molecule has 0 aliphatic carbocycles. The van der Waals surface area contributed by atoms with Gasteiger partial charge in [-0.2, -0.15) is 0 Å². The van der Waals surface area contributed by atoms with Crippen LogP contribution in [0.2, 0.25) is 0 Å². The maximum absolute atomic E-state index is 10.1. The van der Waals surface area contributed by atoms with Gasteiger partial charge in [-0.1, -0.05) is 6.92 Å². The lowest BCUT2D eigenvalue weighted by molar-refractivity contribution is 0.0351. The molecule has 3 nitrogen and oxygen atoms in total. The van der Waals surface area contributed by atoms with Crippen LogP contribution in [0.1, 0.15) is 27.2 Å². The highest BCUT2D eigenvalue weighted by atomic mass is 32.2. The number of thioether (sulfide) groups is 1. The van der Waals surface area contributed by atoms with Gasteiger partial charge in [-0.05, 0) is 26.8 Å². The molecule has 3 N–H and O–H groups in total. The molecule has 1 saturated heterocycles. The molecule has 1 rings (SSSR count). The van der Waals surface area contributed by atoms with Crippen LogP contribution in [0.15, 0.2) is 0 Å². The summed E-state index contributed by atoms with van der Waals surface area (Å²) in [6.07, 6.45) is 0.467. The molecule has 1 aliphatic rings. The predicted octanol–water partition coefficient (Wildman–Crippen LogP) is 0.602. The Hall–Kier alpha value is 0.230. The third kappa shape index (κ3) is 3.12. The molecule has 1 fully saturated rings. The van der Waals surface area contributed by atoms with Crippen molar-refractivity contribution in [3.8, 4) is 0 Å². The van der Waals surface area contributed by atoms with E-state index < -0.39 is 5.60 Å². The van der Waals surface area contributed by atoms with Crippen LogP contribution in [-0.2, 0) is 0 Å². The first-order valence-electron chi connectivity index (χ1n) is 5.20. The molecule has 1 heterocycles. The maximum Gasteiger partial charge on any atom is 0.0762 e. The molecular formula is C10H21NO2S. The largest absolute Gasteiger partial charge is 0.392 e. The van der Waals surface area contributed by atoms with Gasteiger partial charge in [-0.25, -0.2) is 0 Å². The molecule has 4 unspecified atom stereocenters. The Balaban J connectivity index is 2.49. The topological polar surface area (TPSA) is 52.5 Å². The van der Waals surface area contributed by atoms with E-state index in [1.54, 1.807) is 18.7 Å². The van der Waals surface area contributed by atoms with Crippen molar-refractivity contribution in [3.63, 3.8) is 0 Å². The fourth-order valence-electron chi connectivity index (χ4n) is 1.52. The van der Waals surface area contributed by atoms with Gasteiger partial charge in [0.25, 0.3) is 0 Å². The van der Waals surface area contributed by atoms with E-state index in [1.807, 2.05) is 13.8 Å². The van der Waals surface area contributed by atoms with Crippen LogP contribution < -0.4 is 5.32 Å². The zero-order valence-electron chi connectivity index (χ0n) is 9.16. The number of nitrogens with one attached hydrogen (secondary N) is 1. The quantitative estimate of drug-likeness (QED) is 0.651. The van der Waals surface area contributed by atoms with Gasteiger partial charge >= 0.3 is 0 Å². The number of aliphatic hydroxyl groups excluding tert-OH is 1. The van der Waals surface area contributed by atoms with E-state index in [9.17, 15) is 10.2 Å². The van der Waals surface area contributed by atoms with Crippen LogP contribution >= 0.6 is 11.8 Å². The minimum absolute atomic E-state index is 0.173. The highest BCUT2D eigenvalue weighted by molar-refractivity contribution is 8.00. The summed E-state index contributed by atoms with van der Waals surface area (Å²) >= 11 is 1.67. The average molecular weight is 219 g/mol. The standard InChI is InChI=1S/C10H21NO2S/c1-7(12)8(2)14-9-6-11-5-4-10(9,3)13/h7-9,11-13H,4-6H2,1-3H3. The monoisotopic (exact) mass is 219 g/mol. The second kappa shape index (κ2) is 4.84. The Morgan fingerprint density at radius 2 is 2.14 bits per heavy atom. The molecule has 0 radical (unpaired) electrons. The molecule has 84 valence electrons. The molecule has 14 heavy (non-hydrogen) atoms. The highest BCUT2D eigenvalue weighted by Gasteiger charge is 2.36. The van der Waals surface area contributed by atoms with Gasteiger partial charge < -0.3 is 15.5 Å². The minimum Gasteiger partial charge on any atom is -0.392 e. The maximum atomic E-state index is 10.1. The SMILES string of the molecule is CC(O)C(C)SC1CNCCC1(C)O. The van der Waals surface area contributed by atoms with Gasteiger partial charge in [-0.3, -0.25) is 0 Å². The normalized spacial score (nSPS) is 37.9. The highest BCUT2D eigenvalue weighted by Crippen LogP contribution is 2.32. The zero-order valence-corrected chi connectivity index (χ0v) is 9.97. The lowest BCUT2D eigenvalue weighted by atomic mass is 9.94. The zero-order chi connectivity index (χ0) is 10.8. The molecule has 0 amide bonds. The summed E-state index contributed by atoms with van der Waals surface area (Å²) in [7, 11) is 0. The second-order valence-electron chi connectivity index (χ2n) is 4.38. The second-order valence-corrected chi connectivity index (χ2v) is 5.97. The molecule has 1 aliphatic heterocycles. The average Bonchev–Trinajstić information content (AvgIpc) is 2.08. The molecule has 0 aromatic carbocycles. The van der Waals surface area contributed by atoms with Crippen LogP contribution in [0.4, 0.5) is 0 Å². The third-order valence-corrected chi connectivity index (χ3v) is 4.72. The van der Waals surface area contributed by atoms with Crippen LogP contribution in [0, 0.1) is 0 Å². The van der Waals surface area contributed by atoms with Crippen molar-refractivity contribution >= 4 is 11.8 Å². The lowest BCUT2D eigenvalue weighted by Gasteiger charge is -2.38. The van der Waals surface area contributed by atoms with Crippen molar-refractivity contribution in [2.45, 2.75) is 49.4 Å². The van der Waals surface area contributed by atoms with E-state index in [-0.39, 0.29) is 16.6 Å². The van der Waals surface area contributed by atoms with Crippen molar-refractivity contribution < 1.29 is 10.2 Å². The first-order chi connectivity index (χ1) is 6.43. The predicted molar refractivity (Wildman–Crippen MR) is 60.6 cm³/mol. The molecular weight excluding hydrogens is 198 g/mol. The Morgan fingerprint density at radius 1 is 1.50 bits per heavy atom. The Bertz CT molecular complexity index is 185. The van der Waals surface area contributed by atoms with Crippen molar-refractivity contribution in [3.05, 3.63) is 0 Å². The summed E-state index contributed by atoms with van der Waals surface area (Å²) in [4.78, 5) is 0. The molecule has 0 bridgehead atoms. The van der Waals surface area contributed by atoms with E-state index in [4.69, 9.17) is 0 Å². The van der Waals surface area contributed by atoms with Crippen LogP contribution in [0.3, 0.4) is 0 Å². The molecule has 0 aromatic rings. The number of aliphatic hydroxyl groups is 2. The van der Waals surface area contributed by atoms with Crippen molar-refractivity contribution in [1.82, 2.24) is 5.32 Å². The summed E-state index contributed by atoms with van der Waals surface area (Å²) in [5.41, 5.74) is -0.598. The van der Waals surface area contributed by atoms with Gasteiger partial charge in [0.15, 0.2) is 0 Å². The van der Waals surface area contributed by atoms with Gasteiger partial charge in [0, 0.05) is 17.0 Å². The first-order valence-corrected chi connectivity index (χ1v) is 6.14. The van der Waals surface area contributed by atoms with Gasteiger partial charge in [0.1, 0.15) is 0 Å². The Morgan fingerprint density at radius 3 is 2.64 bits per heavy atom. The molecule has 4 atom stereocenters. The summed E-state index contributed by atoms with van der Waals surface area (Å²) in [5.74, 6) is 0. The van der Waals surface area contributed by atoms with Gasteiger partial charge in [0.05, 0.1) is 11.7 Å². The summed E-state index contributed by atoms with van der Waals surface area (Å²) in [6, 6.07) is 0. The van der Waals surface area contributed by atoms with Crippen molar-refractivity contribution in [1.29, 1.82) is 0 Å². The first kappa shape index (κ1) is 12.3. The minimum atomic E-state index is -0.598. The van der Waals surface area contributed by atoms with E-state index in [1.165, 1.54) is 0 Å². The van der Waals surface area contributed by atoms with E-state index in [0.29, 0.717) is 0 Å². The lowest BCUT2D eigenvalue weighted by Crippen LogP contribution is -2.51. The van der Waals surface area contributed by atoms with E-state index >= 15 is 0 Å². The Labute approximate surface area is 90.3 Å². The van der Waals surface area contributed by atoms with Crippen molar-refractivity contribution in [2.24, 2.45) is 0 Å². The molecule has 0 saturated carbocycles. The van der Waals surface area contributed by atoms with Crippen LogP contribution in [-0.4, -0.2) is 45.5 Å². The third-order valence-electron chi connectivity index (χ3n) is 2.89. The number of piperidine rings is 1. The molecule has 0 aromatic heterocycles. The van der Waals surface area contributed by atoms with Crippen molar-refractivity contribution in [2.75, 3.05) is 13.1 Å². The number of hydrogen-bond donors (Lipinski definition) is 3. The Kier molecular flexibility index (Phi) is 4.25. The summed E-state index contributed by atoms with van der Waals surface area (Å²) in [5, 5.41) is 23.1. The number of rotatable bonds is 3. The van der Waals surface area contributed by atoms with Gasteiger partial charge in [-0.15, -0.1) is 11.8 Å².